The van der Waals surface area contributed by atoms with Gasteiger partial charge in [-0.05, 0) is 23.8 Å². The molecular formula is C17H16Cl2N2O5. The molecule has 0 spiro atoms. The van der Waals surface area contributed by atoms with Crippen molar-refractivity contribution in [3.8, 4) is 11.5 Å². The van der Waals surface area contributed by atoms with Gasteiger partial charge >= 0.3 is 0 Å². The fourth-order valence-electron chi connectivity index (χ4n) is 2.14. The smallest absolute Gasteiger partial charge is 0.273 e. The number of ether oxygens (including phenoxy) is 2. The molecule has 0 aromatic heterocycles. The maximum Gasteiger partial charge on any atom is 0.273 e. The molecular weight excluding hydrogens is 383 g/mol. The second-order valence-electron chi connectivity index (χ2n) is 5.38. The molecule has 0 fully saturated rings. The molecule has 1 amide bonds. The van der Waals surface area contributed by atoms with Gasteiger partial charge in [0.05, 0.1) is 28.1 Å². The summed E-state index contributed by atoms with van der Waals surface area (Å²) in [6.07, 6.45) is 0. The molecule has 0 heterocycles. The van der Waals surface area contributed by atoms with Crippen LogP contribution in [0.25, 0.3) is 0 Å². The Labute approximate surface area is 160 Å². The molecule has 0 saturated heterocycles. The number of likely N-dealkylation sites (N-methyl/N-ethyl adjacent to an activating group) is 1. The molecule has 9 heteroatoms. The van der Waals surface area contributed by atoms with Crippen LogP contribution in [0.15, 0.2) is 36.4 Å². The zero-order valence-electron chi connectivity index (χ0n) is 14.1. The number of nitrogens with zero attached hydrogens (tertiary/aromatic N) is 2. The van der Waals surface area contributed by atoms with E-state index in [2.05, 4.69) is 0 Å². The Morgan fingerprint density at radius 3 is 2.50 bits per heavy atom. The third-order valence-electron chi connectivity index (χ3n) is 3.54. The molecule has 0 bridgehead atoms. The Kier molecular flexibility index (Phi) is 6.65. The highest BCUT2D eigenvalue weighted by Gasteiger charge is 2.16. The predicted molar refractivity (Wildman–Crippen MR) is 98.1 cm³/mol. The maximum absolute atomic E-state index is 12.3. The predicted octanol–water partition coefficient (Wildman–Crippen LogP) is 3.95. The zero-order valence-corrected chi connectivity index (χ0v) is 15.6. The first-order chi connectivity index (χ1) is 12.3. The molecule has 0 aliphatic rings. The molecule has 0 unspecified atom stereocenters. The van der Waals surface area contributed by atoms with Crippen molar-refractivity contribution in [1.82, 2.24) is 4.90 Å². The highest BCUT2D eigenvalue weighted by molar-refractivity contribution is 6.42. The lowest BCUT2D eigenvalue weighted by atomic mass is 10.2. The van der Waals surface area contributed by atoms with Crippen molar-refractivity contribution in [3.05, 3.63) is 62.1 Å². The quantitative estimate of drug-likeness (QED) is 0.520. The van der Waals surface area contributed by atoms with Crippen LogP contribution in [0.2, 0.25) is 10.0 Å². The standard InChI is InChI=1S/C17H16Cl2N2O5/c1-20(9-11-3-5-13(18)14(19)7-11)17(22)10-26-16-8-12(21(23)24)4-6-15(16)25-2/h3-8H,9-10H2,1-2H3. The van der Waals surface area contributed by atoms with Crippen LogP contribution in [-0.2, 0) is 11.3 Å². The van der Waals surface area contributed by atoms with Crippen molar-refractivity contribution in [2.45, 2.75) is 6.54 Å². The Hall–Kier alpha value is -2.51. The van der Waals surface area contributed by atoms with E-state index in [0.29, 0.717) is 22.3 Å². The SMILES string of the molecule is COc1ccc([N+](=O)[O-])cc1OCC(=O)N(C)Cc1ccc(Cl)c(Cl)c1. The molecule has 2 aromatic rings. The lowest BCUT2D eigenvalue weighted by Gasteiger charge is -2.18. The van der Waals surface area contributed by atoms with Gasteiger partial charge in [0.15, 0.2) is 18.1 Å². The van der Waals surface area contributed by atoms with Gasteiger partial charge in [0.1, 0.15) is 0 Å². The molecule has 0 aliphatic carbocycles. The number of amides is 1. The summed E-state index contributed by atoms with van der Waals surface area (Å²) in [7, 11) is 3.02. The van der Waals surface area contributed by atoms with Crippen molar-refractivity contribution in [3.63, 3.8) is 0 Å². The van der Waals surface area contributed by atoms with E-state index in [1.54, 1.807) is 25.2 Å². The van der Waals surface area contributed by atoms with Gasteiger partial charge in [0.2, 0.25) is 0 Å². The highest BCUT2D eigenvalue weighted by Crippen LogP contribution is 2.31. The Morgan fingerprint density at radius 2 is 1.88 bits per heavy atom. The fraction of sp³-hybridized carbons (Fsp3) is 0.235. The second-order valence-corrected chi connectivity index (χ2v) is 6.19. The monoisotopic (exact) mass is 398 g/mol. The van der Waals surface area contributed by atoms with Crippen LogP contribution in [0, 0.1) is 10.1 Å². The molecule has 138 valence electrons. The zero-order chi connectivity index (χ0) is 19.3. The van der Waals surface area contributed by atoms with Crippen molar-refractivity contribution < 1.29 is 19.2 Å². The van der Waals surface area contributed by atoms with Gasteiger partial charge in [-0.15, -0.1) is 0 Å². The van der Waals surface area contributed by atoms with Crippen molar-refractivity contribution >= 4 is 34.8 Å². The largest absolute Gasteiger partial charge is 0.493 e. The second kappa shape index (κ2) is 8.73. The van der Waals surface area contributed by atoms with Crippen LogP contribution in [0.3, 0.4) is 0 Å². The Morgan fingerprint density at radius 1 is 1.15 bits per heavy atom. The van der Waals surface area contributed by atoms with E-state index in [9.17, 15) is 14.9 Å². The van der Waals surface area contributed by atoms with Crippen LogP contribution in [-0.4, -0.2) is 36.5 Å². The van der Waals surface area contributed by atoms with Crippen LogP contribution in [0.5, 0.6) is 11.5 Å². The normalized spacial score (nSPS) is 10.3. The van der Waals surface area contributed by atoms with E-state index in [4.69, 9.17) is 32.7 Å². The first-order valence-electron chi connectivity index (χ1n) is 7.45. The summed E-state index contributed by atoms with van der Waals surface area (Å²) in [5.41, 5.74) is 0.653. The topological polar surface area (TPSA) is 81.9 Å². The van der Waals surface area contributed by atoms with E-state index in [1.807, 2.05) is 0 Å². The summed E-state index contributed by atoms with van der Waals surface area (Å²) in [6.45, 7) is 0.0144. The number of nitro groups is 1. The third-order valence-corrected chi connectivity index (χ3v) is 4.28. The Bertz CT molecular complexity index is 829. The minimum Gasteiger partial charge on any atom is -0.493 e. The maximum atomic E-state index is 12.3. The molecule has 26 heavy (non-hydrogen) atoms. The molecule has 0 atom stereocenters. The van der Waals surface area contributed by atoms with E-state index in [1.165, 1.54) is 30.2 Å². The number of rotatable bonds is 7. The first kappa shape index (κ1) is 19.8. The van der Waals surface area contributed by atoms with E-state index < -0.39 is 4.92 Å². The number of nitro benzene ring substituents is 1. The number of carbonyl (C=O) groups excluding carboxylic acids is 1. The van der Waals surface area contributed by atoms with E-state index >= 15 is 0 Å². The first-order valence-corrected chi connectivity index (χ1v) is 8.20. The summed E-state index contributed by atoms with van der Waals surface area (Å²) >= 11 is 11.8. The lowest BCUT2D eigenvalue weighted by molar-refractivity contribution is -0.385. The fourth-order valence-corrected chi connectivity index (χ4v) is 2.46. The van der Waals surface area contributed by atoms with Crippen LogP contribution >= 0.6 is 23.2 Å². The van der Waals surface area contributed by atoms with Crippen LogP contribution in [0.1, 0.15) is 5.56 Å². The number of benzene rings is 2. The van der Waals surface area contributed by atoms with Crippen LogP contribution in [0.4, 0.5) is 5.69 Å². The molecule has 0 saturated carbocycles. The lowest BCUT2D eigenvalue weighted by Crippen LogP contribution is -2.31. The average molecular weight is 399 g/mol. The number of methoxy groups -OCH3 is 1. The number of non-ortho nitro benzene ring substituents is 1. The minimum atomic E-state index is -0.551. The van der Waals surface area contributed by atoms with Gasteiger partial charge in [-0.1, -0.05) is 29.3 Å². The van der Waals surface area contributed by atoms with E-state index in [0.717, 1.165) is 5.56 Å². The van der Waals surface area contributed by atoms with Gasteiger partial charge in [0, 0.05) is 19.7 Å². The van der Waals surface area contributed by atoms with Crippen LogP contribution < -0.4 is 9.47 Å². The van der Waals surface area contributed by atoms with Crippen molar-refractivity contribution in [2.75, 3.05) is 20.8 Å². The van der Waals surface area contributed by atoms with Gasteiger partial charge in [0.25, 0.3) is 11.6 Å². The molecule has 0 radical (unpaired) electrons. The summed E-state index contributed by atoms with van der Waals surface area (Å²) in [5, 5.41) is 11.7. The number of hydrogen-bond acceptors (Lipinski definition) is 5. The number of hydrogen-bond donors (Lipinski definition) is 0. The summed E-state index contributed by atoms with van der Waals surface area (Å²) in [6, 6.07) is 9.02. The van der Waals surface area contributed by atoms with E-state index in [-0.39, 0.29) is 24.0 Å². The third kappa shape index (κ3) is 5.00. The molecule has 2 rings (SSSR count). The Balaban J connectivity index is 2.02. The van der Waals surface area contributed by atoms with Gasteiger partial charge in [-0.3, -0.25) is 14.9 Å². The molecule has 2 aromatic carbocycles. The highest BCUT2D eigenvalue weighted by atomic mass is 35.5. The van der Waals surface area contributed by atoms with Gasteiger partial charge < -0.3 is 14.4 Å². The number of carbonyl (C=O) groups is 1. The van der Waals surface area contributed by atoms with Gasteiger partial charge in [-0.25, -0.2) is 0 Å². The summed E-state index contributed by atoms with van der Waals surface area (Å²) in [4.78, 5) is 24.0. The minimum absolute atomic E-state index is 0.123. The van der Waals surface area contributed by atoms with Gasteiger partial charge in [-0.2, -0.15) is 0 Å². The molecule has 0 N–H and O–H groups in total. The van der Waals surface area contributed by atoms with Crippen molar-refractivity contribution in [1.29, 1.82) is 0 Å². The molecule has 7 nitrogen and oxygen atoms in total. The molecule has 0 aliphatic heterocycles. The summed E-state index contributed by atoms with van der Waals surface area (Å²) in [5.74, 6) is 0.109. The average Bonchev–Trinajstić information content (AvgIpc) is 2.62. The van der Waals surface area contributed by atoms with Crippen molar-refractivity contribution in [2.24, 2.45) is 0 Å². The summed E-state index contributed by atoms with van der Waals surface area (Å²) < 4.78 is 10.5. The number of halogens is 2.